The highest BCUT2D eigenvalue weighted by Gasteiger charge is 2.12. The highest BCUT2D eigenvalue weighted by atomic mass is 32.2. The van der Waals surface area contributed by atoms with Crippen LogP contribution in [0.15, 0.2) is 29.2 Å². The van der Waals surface area contributed by atoms with E-state index in [0.29, 0.717) is 0 Å². The van der Waals surface area contributed by atoms with Crippen LogP contribution in [0.2, 0.25) is 0 Å². The molecule has 0 saturated carbocycles. The van der Waals surface area contributed by atoms with Gasteiger partial charge in [-0.3, -0.25) is 9.35 Å². The van der Waals surface area contributed by atoms with E-state index in [9.17, 15) is 13.2 Å². The molecule has 17 heavy (non-hydrogen) atoms. The van der Waals surface area contributed by atoms with Crippen LogP contribution in [-0.2, 0) is 19.6 Å². The molecule has 5 nitrogen and oxygen atoms in total. The largest absolute Gasteiger partial charge is 0.468 e. The average Bonchev–Trinajstić information content (AvgIpc) is 2.28. The molecule has 1 rings (SSSR count). The predicted octanol–water partition coefficient (Wildman–Crippen LogP) is 0.848. The van der Waals surface area contributed by atoms with Crippen LogP contribution >= 0.6 is 0 Å². The highest BCUT2D eigenvalue weighted by Crippen LogP contribution is 2.13. The van der Waals surface area contributed by atoms with E-state index in [4.69, 9.17) is 4.55 Å². The Kier molecular flexibility index (Phi) is 4.26. The van der Waals surface area contributed by atoms with Crippen molar-refractivity contribution in [2.75, 3.05) is 7.11 Å². The Bertz CT molecular complexity index is 577. The molecule has 0 heterocycles. The lowest BCUT2D eigenvalue weighted by molar-refractivity contribution is -0.139. The lowest BCUT2D eigenvalue weighted by atomic mass is 10.2. The fourth-order valence-corrected chi connectivity index (χ4v) is 1.73. The fraction of sp³-hybridized carbons (Fsp3) is 0.182. The summed E-state index contributed by atoms with van der Waals surface area (Å²) < 4.78 is 35.3. The molecule has 0 atom stereocenters. The zero-order valence-corrected chi connectivity index (χ0v) is 9.82. The van der Waals surface area contributed by atoms with Crippen LogP contribution in [0.4, 0.5) is 0 Å². The van der Waals surface area contributed by atoms with Gasteiger partial charge in [0.05, 0.1) is 7.11 Å². The van der Waals surface area contributed by atoms with Crippen LogP contribution in [0.3, 0.4) is 0 Å². The molecule has 0 aliphatic rings. The zero-order chi connectivity index (χ0) is 12.9. The summed E-state index contributed by atoms with van der Waals surface area (Å²) in [7, 11) is -3.08. The van der Waals surface area contributed by atoms with Gasteiger partial charge in [0, 0.05) is 5.56 Å². The van der Waals surface area contributed by atoms with Crippen LogP contribution in [-0.4, -0.2) is 26.0 Å². The topological polar surface area (TPSA) is 80.7 Å². The molecule has 1 aromatic rings. The molecule has 6 heteroatoms. The lowest BCUT2D eigenvalue weighted by Gasteiger charge is -1.99. The number of esters is 1. The maximum Gasteiger partial charge on any atom is 0.317 e. The van der Waals surface area contributed by atoms with Gasteiger partial charge < -0.3 is 4.74 Å². The fourth-order valence-electron chi connectivity index (χ4n) is 1.08. The molecule has 0 aliphatic heterocycles. The molecule has 0 aliphatic carbocycles. The van der Waals surface area contributed by atoms with Crippen molar-refractivity contribution < 1.29 is 22.5 Å². The number of methoxy groups -OCH3 is 1. The molecule has 0 bridgehead atoms. The number of hydrogen-bond donors (Lipinski definition) is 1. The van der Waals surface area contributed by atoms with Crippen molar-refractivity contribution in [3.63, 3.8) is 0 Å². The van der Waals surface area contributed by atoms with Crippen molar-refractivity contribution >= 4 is 16.1 Å². The van der Waals surface area contributed by atoms with Crippen molar-refractivity contribution in [2.45, 2.75) is 11.3 Å². The van der Waals surface area contributed by atoms with Crippen molar-refractivity contribution in [1.82, 2.24) is 0 Å². The summed E-state index contributed by atoms with van der Waals surface area (Å²) in [5.41, 5.74) is 0.138. The Morgan fingerprint density at radius 2 is 2.06 bits per heavy atom. The van der Waals surface area contributed by atoms with E-state index >= 15 is 0 Å². The quantitative estimate of drug-likeness (QED) is 0.480. The predicted molar refractivity (Wildman–Crippen MR) is 59.8 cm³/mol. The van der Waals surface area contributed by atoms with Crippen LogP contribution in [0.5, 0.6) is 0 Å². The highest BCUT2D eigenvalue weighted by molar-refractivity contribution is 7.85. The number of benzene rings is 1. The Morgan fingerprint density at radius 1 is 1.41 bits per heavy atom. The Labute approximate surface area is 99.2 Å². The van der Waals surface area contributed by atoms with Crippen molar-refractivity contribution in [1.29, 1.82) is 0 Å². The molecule has 0 amide bonds. The summed E-state index contributed by atoms with van der Waals surface area (Å²) in [6.07, 6.45) is -0.143. The Morgan fingerprint density at radius 3 is 2.65 bits per heavy atom. The summed E-state index contributed by atoms with van der Waals surface area (Å²) >= 11 is 0. The van der Waals surface area contributed by atoms with E-state index in [1.807, 2.05) is 0 Å². The second-order valence-corrected chi connectivity index (χ2v) is 4.42. The molecule has 1 aromatic carbocycles. The summed E-state index contributed by atoms with van der Waals surface area (Å²) in [4.78, 5) is 10.5. The number of carbonyl (C=O) groups is 1. The van der Waals surface area contributed by atoms with Crippen molar-refractivity contribution in [2.24, 2.45) is 0 Å². The van der Waals surface area contributed by atoms with Crippen LogP contribution < -0.4 is 0 Å². The Balaban J connectivity index is 3.04. The smallest absolute Gasteiger partial charge is 0.317 e. The van der Waals surface area contributed by atoms with Gasteiger partial charge in [-0.1, -0.05) is 24.0 Å². The molecule has 0 spiro atoms. The molecule has 0 unspecified atom stereocenters. The lowest BCUT2D eigenvalue weighted by Crippen LogP contribution is -2.01. The Hall–Kier alpha value is -1.84. The SMILES string of the molecule is COC(=O)CC#Cc1ccccc1S(=O)(=O)O. The minimum atomic E-state index is -4.31. The molecule has 0 aromatic heterocycles. The van der Waals surface area contributed by atoms with Crippen LogP contribution in [0.25, 0.3) is 0 Å². The van der Waals surface area contributed by atoms with Gasteiger partial charge in [-0.15, -0.1) is 0 Å². The van der Waals surface area contributed by atoms with Gasteiger partial charge in [0.1, 0.15) is 11.3 Å². The van der Waals surface area contributed by atoms with E-state index in [2.05, 4.69) is 16.6 Å². The number of hydrogen-bond acceptors (Lipinski definition) is 4. The zero-order valence-electron chi connectivity index (χ0n) is 9.00. The number of rotatable bonds is 2. The van der Waals surface area contributed by atoms with Crippen LogP contribution in [0.1, 0.15) is 12.0 Å². The molecule has 90 valence electrons. The summed E-state index contributed by atoms with van der Waals surface area (Å²) in [6, 6.07) is 5.72. The van der Waals surface area contributed by atoms with Crippen molar-refractivity contribution in [3.8, 4) is 11.8 Å². The molecule has 1 N–H and O–H groups in total. The molecule has 0 fully saturated rings. The first-order valence-electron chi connectivity index (χ1n) is 4.57. The number of ether oxygens (including phenoxy) is 1. The standard InChI is InChI=1S/C11H10O5S/c1-16-11(12)8-4-6-9-5-2-3-7-10(9)17(13,14)15/h2-3,5,7H,8H2,1H3,(H,13,14,15). The van der Waals surface area contributed by atoms with Crippen LogP contribution in [0, 0.1) is 11.8 Å². The van der Waals surface area contributed by atoms with Gasteiger partial charge >= 0.3 is 5.97 Å². The van der Waals surface area contributed by atoms with E-state index in [0.717, 1.165) is 0 Å². The normalized spacial score (nSPS) is 10.2. The second kappa shape index (κ2) is 5.48. The van der Waals surface area contributed by atoms with E-state index in [1.165, 1.54) is 25.3 Å². The van der Waals surface area contributed by atoms with Gasteiger partial charge in [-0.2, -0.15) is 8.42 Å². The number of carbonyl (C=O) groups excluding carboxylic acids is 1. The van der Waals surface area contributed by atoms with Gasteiger partial charge in [-0.25, -0.2) is 0 Å². The van der Waals surface area contributed by atoms with Gasteiger partial charge in [0.2, 0.25) is 0 Å². The molecule has 0 saturated heterocycles. The third-order valence-electron chi connectivity index (χ3n) is 1.85. The summed E-state index contributed by atoms with van der Waals surface area (Å²) in [5.74, 6) is 4.45. The van der Waals surface area contributed by atoms with E-state index in [1.54, 1.807) is 6.07 Å². The molecular formula is C11H10O5S. The third kappa shape index (κ3) is 3.90. The summed E-state index contributed by atoms with van der Waals surface area (Å²) in [5, 5.41) is 0. The first-order chi connectivity index (χ1) is 7.95. The van der Waals surface area contributed by atoms with Gasteiger partial charge in [0.15, 0.2) is 0 Å². The molecular weight excluding hydrogens is 244 g/mol. The maximum atomic E-state index is 11.0. The van der Waals surface area contributed by atoms with Gasteiger partial charge in [0.25, 0.3) is 10.1 Å². The maximum absolute atomic E-state index is 11.0. The molecule has 0 radical (unpaired) electrons. The monoisotopic (exact) mass is 254 g/mol. The first-order valence-corrected chi connectivity index (χ1v) is 6.01. The first kappa shape index (κ1) is 13.2. The minimum Gasteiger partial charge on any atom is -0.468 e. The minimum absolute atomic E-state index is 0.138. The third-order valence-corrected chi connectivity index (χ3v) is 2.76. The summed E-state index contributed by atoms with van der Waals surface area (Å²) in [6.45, 7) is 0. The van der Waals surface area contributed by atoms with E-state index < -0.39 is 16.1 Å². The van der Waals surface area contributed by atoms with Crippen molar-refractivity contribution in [3.05, 3.63) is 29.8 Å². The van der Waals surface area contributed by atoms with E-state index in [-0.39, 0.29) is 16.9 Å². The second-order valence-electron chi connectivity index (χ2n) is 3.03. The van der Waals surface area contributed by atoms with Gasteiger partial charge in [-0.05, 0) is 12.1 Å². The average molecular weight is 254 g/mol.